The SMILES string of the molecule is Cc1ccc(C(N)c2ccc(C(F)(F)F)cc2)cc1C. The van der Waals surface area contributed by atoms with Crippen molar-refractivity contribution in [3.63, 3.8) is 0 Å². The maximum atomic E-state index is 12.5. The normalized spacial score (nSPS) is 13.3. The molecule has 106 valence electrons. The van der Waals surface area contributed by atoms with Gasteiger partial charge in [-0.3, -0.25) is 0 Å². The summed E-state index contributed by atoms with van der Waals surface area (Å²) in [6.45, 7) is 3.99. The average molecular weight is 279 g/mol. The Morgan fingerprint density at radius 1 is 0.850 bits per heavy atom. The fraction of sp³-hybridized carbons (Fsp3) is 0.250. The fourth-order valence-corrected chi connectivity index (χ4v) is 2.03. The molecule has 0 heterocycles. The largest absolute Gasteiger partial charge is 0.416 e. The van der Waals surface area contributed by atoms with Crippen LogP contribution >= 0.6 is 0 Å². The molecule has 1 nitrogen and oxygen atoms in total. The van der Waals surface area contributed by atoms with Crippen molar-refractivity contribution in [3.05, 3.63) is 70.3 Å². The third kappa shape index (κ3) is 3.02. The van der Waals surface area contributed by atoms with E-state index in [4.69, 9.17) is 5.73 Å². The van der Waals surface area contributed by atoms with Crippen molar-refractivity contribution in [1.29, 1.82) is 0 Å². The molecule has 0 saturated carbocycles. The summed E-state index contributed by atoms with van der Waals surface area (Å²) in [7, 11) is 0. The van der Waals surface area contributed by atoms with Crippen LogP contribution in [0, 0.1) is 13.8 Å². The van der Waals surface area contributed by atoms with E-state index >= 15 is 0 Å². The highest BCUT2D eigenvalue weighted by molar-refractivity contribution is 5.37. The lowest BCUT2D eigenvalue weighted by Crippen LogP contribution is -2.13. The van der Waals surface area contributed by atoms with Gasteiger partial charge >= 0.3 is 6.18 Å². The van der Waals surface area contributed by atoms with Crippen LogP contribution in [-0.4, -0.2) is 0 Å². The van der Waals surface area contributed by atoms with Gasteiger partial charge in [0.15, 0.2) is 0 Å². The first-order valence-electron chi connectivity index (χ1n) is 6.29. The Morgan fingerprint density at radius 3 is 1.90 bits per heavy atom. The Labute approximate surface area is 116 Å². The van der Waals surface area contributed by atoms with Gasteiger partial charge in [0.25, 0.3) is 0 Å². The first-order chi connectivity index (χ1) is 9.29. The van der Waals surface area contributed by atoms with Gasteiger partial charge in [0.1, 0.15) is 0 Å². The zero-order valence-corrected chi connectivity index (χ0v) is 11.3. The highest BCUT2D eigenvalue weighted by Crippen LogP contribution is 2.30. The molecule has 0 saturated heterocycles. The number of halogens is 3. The van der Waals surface area contributed by atoms with E-state index in [0.29, 0.717) is 5.56 Å². The molecule has 2 aromatic rings. The zero-order valence-electron chi connectivity index (χ0n) is 11.3. The minimum Gasteiger partial charge on any atom is -0.320 e. The molecule has 2 aromatic carbocycles. The standard InChI is InChI=1S/C16H16F3N/c1-10-3-4-13(9-11(10)2)15(20)12-5-7-14(8-6-12)16(17,18)19/h3-9,15H,20H2,1-2H3. The predicted octanol–water partition coefficient (Wildman–Crippen LogP) is 4.37. The molecule has 0 spiro atoms. The summed E-state index contributed by atoms with van der Waals surface area (Å²) in [5.41, 5.74) is 9.29. The topological polar surface area (TPSA) is 26.0 Å². The number of alkyl halides is 3. The van der Waals surface area contributed by atoms with E-state index in [0.717, 1.165) is 28.8 Å². The monoisotopic (exact) mass is 279 g/mol. The second-order valence-corrected chi connectivity index (χ2v) is 4.94. The van der Waals surface area contributed by atoms with Crippen LogP contribution in [0.25, 0.3) is 0 Å². The van der Waals surface area contributed by atoms with Crippen LogP contribution in [0.4, 0.5) is 13.2 Å². The molecule has 0 aromatic heterocycles. The molecule has 2 rings (SSSR count). The Hall–Kier alpha value is -1.81. The van der Waals surface area contributed by atoms with Gasteiger partial charge in [0.2, 0.25) is 0 Å². The van der Waals surface area contributed by atoms with Crippen molar-refractivity contribution >= 4 is 0 Å². The number of benzene rings is 2. The van der Waals surface area contributed by atoms with Crippen molar-refractivity contribution < 1.29 is 13.2 Å². The van der Waals surface area contributed by atoms with Crippen molar-refractivity contribution in [3.8, 4) is 0 Å². The molecular weight excluding hydrogens is 263 g/mol. The molecular formula is C16H16F3N. The van der Waals surface area contributed by atoms with Crippen molar-refractivity contribution in [2.75, 3.05) is 0 Å². The third-order valence-electron chi connectivity index (χ3n) is 3.49. The highest BCUT2D eigenvalue weighted by atomic mass is 19.4. The summed E-state index contributed by atoms with van der Waals surface area (Å²) in [5.74, 6) is 0. The van der Waals surface area contributed by atoms with E-state index in [1.165, 1.54) is 12.1 Å². The van der Waals surface area contributed by atoms with Crippen LogP contribution in [0.5, 0.6) is 0 Å². The van der Waals surface area contributed by atoms with Gasteiger partial charge in [-0.05, 0) is 48.2 Å². The molecule has 1 atom stereocenters. The Morgan fingerprint density at radius 2 is 1.40 bits per heavy atom. The Kier molecular flexibility index (Phi) is 3.86. The van der Waals surface area contributed by atoms with Crippen molar-refractivity contribution in [2.24, 2.45) is 5.73 Å². The summed E-state index contributed by atoms with van der Waals surface area (Å²) in [5, 5.41) is 0. The van der Waals surface area contributed by atoms with E-state index in [2.05, 4.69) is 0 Å². The lowest BCUT2D eigenvalue weighted by Gasteiger charge is -2.15. The van der Waals surface area contributed by atoms with Crippen LogP contribution in [-0.2, 0) is 6.18 Å². The van der Waals surface area contributed by atoms with E-state index in [-0.39, 0.29) is 0 Å². The molecule has 0 aliphatic heterocycles. The van der Waals surface area contributed by atoms with E-state index in [9.17, 15) is 13.2 Å². The number of hydrogen-bond acceptors (Lipinski definition) is 1. The van der Waals surface area contributed by atoms with Gasteiger partial charge < -0.3 is 5.73 Å². The highest BCUT2D eigenvalue weighted by Gasteiger charge is 2.30. The quantitative estimate of drug-likeness (QED) is 0.868. The average Bonchev–Trinajstić information content (AvgIpc) is 2.40. The van der Waals surface area contributed by atoms with E-state index in [1.54, 1.807) is 0 Å². The van der Waals surface area contributed by atoms with E-state index < -0.39 is 17.8 Å². The summed E-state index contributed by atoms with van der Waals surface area (Å²) in [6, 6.07) is 10.4. The lowest BCUT2D eigenvalue weighted by atomic mass is 9.96. The van der Waals surface area contributed by atoms with Gasteiger partial charge in [-0.2, -0.15) is 13.2 Å². The lowest BCUT2D eigenvalue weighted by molar-refractivity contribution is -0.137. The Balaban J connectivity index is 2.29. The molecule has 20 heavy (non-hydrogen) atoms. The van der Waals surface area contributed by atoms with Crippen molar-refractivity contribution in [1.82, 2.24) is 0 Å². The van der Waals surface area contributed by atoms with E-state index in [1.807, 2.05) is 32.0 Å². The summed E-state index contributed by atoms with van der Waals surface area (Å²) in [6.07, 6.45) is -4.32. The molecule has 0 aliphatic carbocycles. The second-order valence-electron chi connectivity index (χ2n) is 4.94. The minimum atomic E-state index is -4.32. The van der Waals surface area contributed by atoms with Crippen LogP contribution in [0.2, 0.25) is 0 Å². The van der Waals surface area contributed by atoms with Gasteiger partial charge in [-0.25, -0.2) is 0 Å². The number of hydrogen-bond donors (Lipinski definition) is 1. The van der Waals surface area contributed by atoms with Crippen LogP contribution < -0.4 is 5.73 Å². The summed E-state index contributed by atoms with van der Waals surface area (Å²) < 4.78 is 37.5. The first kappa shape index (κ1) is 14.6. The van der Waals surface area contributed by atoms with Gasteiger partial charge in [0.05, 0.1) is 11.6 Å². The van der Waals surface area contributed by atoms with Crippen LogP contribution in [0.1, 0.15) is 33.9 Å². The number of nitrogens with two attached hydrogens (primary N) is 1. The summed E-state index contributed by atoms with van der Waals surface area (Å²) in [4.78, 5) is 0. The third-order valence-corrected chi connectivity index (χ3v) is 3.49. The van der Waals surface area contributed by atoms with Crippen LogP contribution in [0.3, 0.4) is 0 Å². The molecule has 0 fully saturated rings. The molecule has 0 bridgehead atoms. The smallest absolute Gasteiger partial charge is 0.320 e. The molecule has 0 aliphatic rings. The first-order valence-corrected chi connectivity index (χ1v) is 6.29. The maximum Gasteiger partial charge on any atom is 0.416 e. The van der Waals surface area contributed by atoms with Crippen molar-refractivity contribution in [2.45, 2.75) is 26.1 Å². The maximum absolute atomic E-state index is 12.5. The van der Waals surface area contributed by atoms with Gasteiger partial charge in [0, 0.05) is 0 Å². The molecule has 1 unspecified atom stereocenters. The fourth-order valence-electron chi connectivity index (χ4n) is 2.03. The predicted molar refractivity (Wildman–Crippen MR) is 73.4 cm³/mol. The molecule has 0 radical (unpaired) electrons. The minimum absolute atomic E-state index is 0.420. The number of aryl methyl sites for hydroxylation is 2. The molecule has 0 amide bonds. The molecule has 2 N–H and O–H groups in total. The summed E-state index contributed by atoms with van der Waals surface area (Å²) >= 11 is 0. The second kappa shape index (κ2) is 5.29. The molecule has 4 heteroatoms. The Bertz CT molecular complexity index is 600. The van der Waals surface area contributed by atoms with Gasteiger partial charge in [-0.1, -0.05) is 30.3 Å². The number of rotatable bonds is 2. The van der Waals surface area contributed by atoms with Gasteiger partial charge in [-0.15, -0.1) is 0 Å². The zero-order chi connectivity index (χ0) is 14.9. The van der Waals surface area contributed by atoms with Crippen LogP contribution in [0.15, 0.2) is 42.5 Å².